The van der Waals surface area contributed by atoms with Crippen molar-refractivity contribution in [3.63, 3.8) is 0 Å². The van der Waals surface area contributed by atoms with Gasteiger partial charge in [0.25, 0.3) is 0 Å². The SMILES string of the molecule is Cc1ccccc1Nc1nc(N)nc(COC(=O)CC2CCCC2)n1. The van der Waals surface area contributed by atoms with Crippen LogP contribution in [0.1, 0.15) is 43.5 Å². The number of carbonyl (C=O) groups is 1. The maximum atomic E-state index is 11.9. The summed E-state index contributed by atoms with van der Waals surface area (Å²) in [6.45, 7) is 1.99. The van der Waals surface area contributed by atoms with Gasteiger partial charge in [-0.25, -0.2) is 0 Å². The summed E-state index contributed by atoms with van der Waals surface area (Å²) >= 11 is 0. The number of nitrogen functional groups attached to an aromatic ring is 1. The first-order chi connectivity index (χ1) is 12.1. The Morgan fingerprint density at radius 1 is 1.24 bits per heavy atom. The normalized spacial score (nSPS) is 14.4. The Morgan fingerprint density at radius 3 is 2.76 bits per heavy atom. The van der Waals surface area contributed by atoms with Crippen LogP contribution in [0, 0.1) is 12.8 Å². The third-order valence-electron chi connectivity index (χ3n) is 4.38. The molecule has 3 N–H and O–H groups in total. The van der Waals surface area contributed by atoms with E-state index in [-0.39, 0.29) is 18.5 Å². The summed E-state index contributed by atoms with van der Waals surface area (Å²) in [5.74, 6) is 1.01. The van der Waals surface area contributed by atoms with E-state index >= 15 is 0 Å². The van der Waals surface area contributed by atoms with Gasteiger partial charge < -0.3 is 15.8 Å². The molecule has 0 amide bonds. The van der Waals surface area contributed by atoms with Crippen molar-refractivity contribution in [2.75, 3.05) is 11.1 Å². The van der Waals surface area contributed by atoms with Crippen LogP contribution in [0.2, 0.25) is 0 Å². The molecular formula is C18H23N5O2. The molecule has 132 valence electrons. The van der Waals surface area contributed by atoms with Crippen LogP contribution < -0.4 is 11.1 Å². The minimum absolute atomic E-state index is 0.000719. The number of rotatable bonds is 6. The molecule has 1 aromatic heterocycles. The van der Waals surface area contributed by atoms with E-state index in [2.05, 4.69) is 20.3 Å². The molecule has 1 saturated carbocycles. The minimum Gasteiger partial charge on any atom is -0.457 e. The number of nitrogens with two attached hydrogens (primary N) is 1. The van der Waals surface area contributed by atoms with Gasteiger partial charge in [0.1, 0.15) is 0 Å². The van der Waals surface area contributed by atoms with Gasteiger partial charge in [0.15, 0.2) is 12.4 Å². The summed E-state index contributed by atoms with van der Waals surface area (Å²) in [4.78, 5) is 24.3. The van der Waals surface area contributed by atoms with Crippen LogP contribution in [-0.2, 0) is 16.1 Å². The van der Waals surface area contributed by atoms with Crippen LogP contribution in [0.15, 0.2) is 24.3 Å². The van der Waals surface area contributed by atoms with E-state index in [1.165, 1.54) is 12.8 Å². The number of anilines is 3. The lowest BCUT2D eigenvalue weighted by atomic mass is 10.1. The molecule has 25 heavy (non-hydrogen) atoms. The number of hydrogen-bond acceptors (Lipinski definition) is 7. The van der Waals surface area contributed by atoms with Crippen LogP contribution in [0.25, 0.3) is 0 Å². The monoisotopic (exact) mass is 341 g/mol. The van der Waals surface area contributed by atoms with Gasteiger partial charge in [-0.15, -0.1) is 0 Å². The number of para-hydroxylation sites is 1. The fraction of sp³-hybridized carbons (Fsp3) is 0.444. The Hall–Kier alpha value is -2.70. The molecule has 1 fully saturated rings. The zero-order valence-electron chi connectivity index (χ0n) is 14.4. The molecule has 0 radical (unpaired) electrons. The van der Waals surface area contributed by atoms with Gasteiger partial charge in [0.2, 0.25) is 11.9 Å². The molecule has 1 aliphatic rings. The molecule has 0 bridgehead atoms. The van der Waals surface area contributed by atoms with Crippen molar-refractivity contribution in [2.24, 2.45) is 5.92 Å². The van der Waals surface area contributed by atoms with E-state index in [0.717, 1.165) is 24.1 Å². The lowest BCUT2D eigenvalue weighted by Crippen LogP contribution is -2.13. The van der Waals surface area contributed by atoms with Crippen molar-refractivity contribution >= 4 is 23.6 Å². The number of benzene rings is 1. The van der Waals surface area contributed by atoms with Crippen LogP contribution in [0.5, 0.6) is 0 Å². The second-order valence-corrected chi connectivity index (χ2v) is 6.39. The minimum atomic E-state index is -0.209. The van der Waals surface area contributed by atoms with E-state index in [0.29, 0.717) is 24.1 Å². The van der Waals surface area contributed by atoms with Gasteiger partial charge in [-0.2, -0.15) is 15.0 Å². The standard InChI is InChI=1S/C18H23N5O2/c1-12-6-2-5-9-14(12)20-18-22-15(21-17(19)23-18)11-25-16(24)10-13-7-3-4-8-13/h2,5-6,9,13H,3-4,7-8,10-11H2,1H3,(H3,19,20,21,22,23). The first-order valence-electron chi connectivity index (χ1n) is 8.59. The van der Waals surface area contributed by atoms with Crippen molar-refractivity contribution in [3.05, 3.63) is 35.7 Å². The molecule has 0 spiro atoms. The largest absolute Gasteiger partial charge is 0.457 e. The lowest BCUT2D eigenvalue weighted by molar-refractivity contribution is -0.146. The highest BCUT2D eigenvalue weighted by Gasteiger charge is 2.19. The van der Waals surface area contributed by atoms with Gasteiger partial charge in [-0.05, 0) is 37.3 Å². The maximum absolute atomic E-state index is 11.9. The second-order valence-electron chi connectivity index (χ2n) is 6.39. The average Bonchev–Trinajstić information content (AvgIpc) is 3.08. The van der Waals surface area contributed by atoms with Crippen molar-refractivity contribution in [2.45, 2.75) is 45.6 Å². The van der Waals surface area contributed by atoms with Gasteiger partial charge >= 0.3 is 5.97 Å². The molecule has 0 aliphatic heterocycles. The van der Waals surface area contributed by atoms with E-state index in [1.807, 2.05) is 31.2 Å². The lowest BCUT2D eigenvalue weighted by Gasteiger charge is -2.11. The highest BCUT2D eigenvalue weighted by atomic mass is 16.5. The number of carbonyl (C=O) groups excluding carboxylic acids is 1. The number of ether oxygens (including phenoxy) is 1. The third kappa shape index (κ3) is 4.89. The van der Waals surface area contributed by atoms with E-state index in [9.17, 15) is 4.79 Å². The summed E-state index contributed by atoms with van der Waals surface area (Å²) in [6, 6.07) is 7.79. The third-order valence-corrected chi connectivity index (χ3v) is 4.38. The van der Waals surface area contributed by atoms with Gasteiger partial charge in [-0.1, -0.05) is 31.0 Å². The smallest absolute Gasteiger partial charge is 0.306 e. The topological polar surface area (TPSA) is 103 Å². The van der Waals surface area contributed by atoms with Crippen LogP contribution in [0.3, 0.4) is 0 Å². The summed E-state index contributed by atoms with van der Waals surface area (Å²) in [5, 5.41) is 3.12. The fourth-order valence-corrected chi connectivity index (χ4v) is 3.05. The molecule has 0 unspecified atom stereocenters. The summed E-state index contributed by atoms with van der Waals surface area (Å²) in [7, 11) is 0. The Kier molecular flexibility index (Phi) is 5.42. The van der Waals surface area contributed by atoms with Crippen LogP contribution >= 0.6 is 0 Å². The van der Waals surface area contributed by atoms with Gasteiger partial charge in [0.05, 0.1) is 0 Å². The number of nitrogens with zero attached hydrogens (tertiary/aromatic N) is 3. The zero-order chi connectivity index (χ0) is 17.6. The van der Waals surface area contributed by atoms with Gasteiger partial charge in [0, 0.05) is 12.1 Å². The molecule has 7 heteroatoms. The maximum Gasteiger partial charge on any atom is 0.306 e. The summed E-state index contributed by atoms with van der Waals surface area (Å²) < 4.78 is 5.30. The zero-order valence-corrected chi connectivity index (χ0v) is 14.4. The second kappa shape index (κ2) is 7.92. The van der Waals surface area contributed by atoms with Crippen LogP contribution in [0.4, 0.5) is 17.6 Å². The molecule has 1 aliphatic carbocycles. The predicted octanol–water partition coefficient (Wildman–Crippen LogP) is 3.13. The number of esters is 1. The quantitative estimate of drug-likeness (QED) is 0.778. The first-order valence-corrected chi connectivity index (χ1v) is 8.59. The van der Waals surface area contributed by atoms with Crippen molar-refractivity contribution in [3.8, 4) is 0 Å². The van der Waals surface area contributed by atoms with Crippen molar-refractivity contribution in [1.82, 2.24) is 15.0 Å². The average molecular weight is 341 g/mol. The molecule has 0 saturated heterocycles. The van der Waals surface area contributed by atoms with E-state index in [1.54, 1.807) is 0 Å². The molecule has 0 atom stereocenters. The first kappa shape index (κ1) is 17.1. The van der Waals surface area contributed by atoms with Crippen molar-refractivity contribution in [1.29, 1.82) is 0 Å². The Labute approximate surface area is 147 Å². The summed E-state index contributed by atoms with van der Waals surface area (Å²) in [5.41, 5.74) is 7.69. The number of hydrogen-bond donors (Lipinski definition) is 2. The molecule has 3 rings (SSSR count). The number of aryl methyl sites for hydroxylation is 1. The molecule has 1 aromatic carbocycles. The van der Waals surface area contributed by atoms with E-state index in [4.69, 9.17) is 10.5 Å². The highest BCUT2D eigenvalue weighted by molar-refractivity contribution is 5.69. The van der Waals surface area contributed by atoms with Crippen LogP contribution in [-0.4, -0.2) is 20.9 Å². The molecule has 2 aromatic rings. The molecule has 7 nitrogen and oxygen atoms in total. The Morgan fingerprint density at radius 2 is 2.00 bits per heavy atom. The number of nitrogens with one attached hydrogen (secondary N) is 1. The van der Waals surface area contributed by atoms with Gasteiger partial charge in [-0.3, -0.25) is 4.79 Å². The molecular weight excluding hydrogens is 318 g/mol. The summed E-state index contributed by atoms with van der Waals surface area (Å²) in [6.07, 6.45) is 5.09. The number of aromatic nitrogens is 3. The fourth-order valence-electron chi connectivity index (χ4n) is 3.05. The van der Waals surface area contributed by atoms with E-state index < -0.39 is 0 Å². The predicted molar refractivity (Wildman–Crippen MR) is 95.1 cm³/mol. The van der Waals surface area contributed by atoms with Crippen molar-refractivity contribution < 1.29 is 9.53 Å². The molecule has 1 heterocycles. The highest BCUT2D eigenvalue weighted by Crippen LogP contribution is 2.27. The Bertz CT molecular complexity index is 744. The Balaban J connectivity index is 1.61.